The van der Waals surface area contributed by atoms with Gasteiger partial charge in [-0.05, 0) is 62.1 Å². The Morgan fingerprint density at radius 3 is 2.22 bits per heavy atom. The number of carbonyl (C=O) groups is 1. The Labute approximate surface area is 191 Å². The molecule has 0 spiro atoms. The summed E-state index contributed by atoms with van der Waals surface area (Å²) in [6, 6.07) is 13.5. The molecule has 0 saturated carbocycles. The molecule has 172 valence electrons. The summed E-state index contributed by atoms with van der Waals surface area (Å²) in [5, 5.41) is 0. The fourth-order valence-corrected chi connectivity index (χ4v) is 6.83. The number of anilines is 2. The first-order chi connectivity index (χ1) is 15.2. The maximum atomic E-state index is 13.1. The molecule has 2 heterocycles. The van der Waals surface area contributed by atoms with Gasteiger partial charge < -0.3 is 9.80 Å². The molecular weight excluding hydrogens is 422 g/mol. The minimum Gasteiger partial charge on any atom is -0.368 e. The maximum Gasteiger partial charge on any atom is 0.253 e. The number of amides is 1. The average molecular weight is 456 g/mol. The summed E-state index contributed by atoms with van der Waals surface area (Å²) < 4.78 is 26.7. The van der Waals surface area contributed by atoms with Crippen molar-refractivity contribution in [3.8, 4) is 0 Å². The average Bonchev–Trinajstić information content (AvgIpc) is 3.09. The van der Waals surface area contributed by atoms with Crippen LogP contribution in [-0.2, 0) is 10.0 Å². The minimum atomic E-state index is -3.29. The molecule has 1 amide bonds. The van der Waals surface area contributed by atoms with Crippen molar-refractivity contribution < 1.29 is 13.2 Å². The molecule has 0 aromatic heterocycles. The summed E-state index contributed by atoms with van der Waals surface area (Å²) in [5.74, 6) is 0.421. The highest BCUT2D eigenvalue weighted by Crippen LogP contribution is 2.33. The summed E-state index contributed by atoms with van der Waals surface area (Å²) in [4.78, 5) is 17.3. The van der Waals surface area contributed by atoms with Crippen LogP contribution in [0.5, 0.6) is 0 Å². The molecule has 2 aromatic carbocycles. The first kappa shape index (κ1) is 22.6. The summed E-state index contributed by atoms with van der Waals surface area (Å²) in [5.41, 5.74) is 5.00. The van der Waals surface area contributed by atoms with Crippen LogP contribution in [0.3, 0.4) is 0 Å². The zero-order valence-corrected chi connectivity index (χ0v) is 20.2. The predicted octanol–water partition coefficient (Wildman–Crippen LogP) is 3.83. The van der Waals surface area contributed by atoms with Gasteiger partial charge in [0.2, 0.25) is 10.0 Å². The molecule has 0 aliphatic carbocycles. The largest absolute Gasteiger partial charge is 0.368 e. The molecule has 2 fully saturated rings. The third-order valence-corrected chi connectivity index (χ3v) is 8.50. The lowest BCUT2D eigenvalue weighted by Crippen LogP contribution is -2.49. The van der Waals surface area contributed by atoms with E-state index in [0.717, 1.165) is 13.1 Å². The van der Waals surface area contributed by atoms with Gasteiger partial charge in [-0.15, -0.1) is 0 Å². The van der Waals surface area contributed by atoms with Gasteiger partial charge in [0.25, 0.3) is 5.91 Å². The Kier molecular flexibility index (Phi) is 6.21. The van der Waals surface area contributed by atoms with Crippen molar-refractivity contribution in [2.75, 3.05) is 41.1 Å². The summed E-state index contributed by atoms with van der Waals surface area (Å²) >= 11 is 0. The van der Waals surface area contributed by atoms with Crippen LogP contribution in [0.25, 0.3) is 0 Å². The van der Waals surface area contributed by atoms with E-state index in [1.807, 2.05) is 18.7 Å². The van der Waals surface area contributed by atoms with Crippen LogP contribution in [0.2, 0.25) is 0 Å². The number of sulfonamides is 1. The highest BCUT2D eigenvalue weighted by molar-refractivity contribution is 7.93. The molecule has 2 aliphatic rings. The SMILES string of the molecule is Cc1ccc(N2CCN(C(=O)c3ccc(N4[C@@H](C(C)C)CCS4(=O)=O)cc3)CC2)c(C)c1. The van der Waals surface area contributed by atoms with Gasteiger partial charge in [-0.25, -0.2) is 8.42 Å². The molecule has 32 heavy (non-hydrogen) atoms. The molecule has 1 atom stereocenters. The van der Waals surface area contributed by atoms with Crippen LogP contribution in [0.1, 0.15) is 41.8 Å². The Morgan fingerprint density at radius 1 is 0.969 bits per heavy atom. The second kappa shape index (κ2) is 8.77. The minimum absolute atomic E-state index is 0.00140. The van der Waals surface area contributed by atoms with Gasteiger partial charge in [-0.2, -0.15) is 0 Å². The van der Waals surface area contributed by atoms with E-state index in [9.17, 15) is 13.2 Å². The van der Waals surface area contributed by atoms with Gasteiger partial charge in [0.15, 0.2) is 0 Å². The van der Waals surface area contributed by atoms with E-state index >= 15 is 0 Å². The number of carbonyl (C=O) groups excluding carboxylic acids is 1. The smallest absolute Gasteiger partial charge is 0.253 e. The number of rotatable bonds is 4. The number of piperazine rings is 1. The topological polar surface area (TPSA) is 60.9 Å². The zero-order chi connectivity index (χ0) is 23.0. The fourth-order valence-electron chi connectivity index (χ4n) is 4.89. The zero-order valence-electron chi connectivity index (χ0n) is 19.4. The van der Waals surface area contributed by atoms with E-state index in [2.05, 4.69) is 36.9 Å². The van der Waals surface area contributed by atoms with Gasteiger partial charge in [0.05, 0.1) is 11.4 Å². The molecule has 2 aromatic rings. The molecule has 7 heteroatoms. The third kappa shape index (κ3) is 4.35. The van der Waals surface area contributed by atoms with Gasteiger partial charge >= 0.3 is 0 Å². The van der Waals surface area contributed by atoms with Gasteiger partial charge in [-0.3, -0.25) is 9.10 Å². The van der Waals surface area contributed by atoms with Crippen molar-refractivity contribution in [3.05, 3.63) is 59.2 Å². The molecule has 4 rings (SSSR count). The van der Waals surface area contributed by atoms with Crippen molar-refractivity contribution in [3.63, 3.8) is 0 Å². The molecule has 0 unspecified atom stereocenters. The molecule has 0 radical (unpaired) electrons. The van der Waals surface area contributed by atoms with E-state index in [0.29, 0.717) is 30.8 Å². The van der Waals surface area contributed by atoms with Crippen LogP contribution in [0.4, 0.5) is 11.4 Å². The normalized spacial score (nSPS) is 20.8. The van der Waals surface area contributed by atoms with Crippen molar-refractivity contribution >= 4 is 27.3 Å². The van der Waals surface area contributed by atoms with Crippen LogP contribution >= 0.6 is 0 Å². The van der Waals surface area contributed by atoms with Gasteiger partial charge in [-0.1, -0.05) is 31.5 Å². The number of hydrogen-bond acceptors (Lipinski definition) is 4. The Bertz CT molecular complexity index is 1090. The lowest BCUT2D eigenvalue weighted by molar-refractivity contribution is 0.0747. The number of aryl methyl sites for hydroxylation is 2. The van der Waals surface area contributed by atoms with Gasteiger partial charge in [0, 0.05) is 43.5 Å². The predicted molar refractivity (Wildman–Crippen MR) is 130 cm³/mol. The lowest BCUT2D eigenvalue weighted by Gasteiger charge is -2.37. The van der Waals surface area contributed by atoms with Crippen LogP contribution in [0.15, 0.2) is 42.5 Å². The quantitative estimate of drug-likeness (QED) is 0.703. The number of nitrogens with zero attached hydrogens (tertiary/aromatic N) is 3. The van der Waals surface area contributed by atoms with Crippen molar-refractivity contribution in [2.45, 2.75) is 40.2 Å². The Balaban J connectivity index is 1.43. The first-order valence-electron chi connectivity index (χ1n) is 11.4. The molecular formula is C25H33N3O3S. The Morgan fingerprint density at radius 2 is 1.62 bits per heavy atom. The van der Waals surface area contributed by atoms with Gasteiger partial charge in [0.1, 0.15) is 0 Å². The molecule has 0 N–H and O–H groups in total. The number of hydrogen-bond donors (Lipinski definition) is 0. The van der Waals surface area contributed by atoms with E-state index < -0.39 is 10.0 Å². The first-order valence-corrected chi connectivity index (χ1v) is 13.0. The second-order valence-corrected chi connectivity index (χ2v) is 11.3. The fraction of sp³-hybridized carbons (Fsp3) is 0.480. The molecule has 0 bridgehead atoms. The van der Waals surface area contributed by atoms with E-state index in [1.165, 1.54) is 16.8 Å². The van der Waals surface area contributed by atoms with E-state index in [-0.39, 0.29) is 23.6 Å². The molecule has 2 saturated heterocycles. The van der Waals surface area contributed by atoms with Crippen molar-refractivity contribution in [1.29, 1.82) is 0 Å². The highest BCUT2D eigenvalue weighted by Gasteiger charge is 2.39. The number of benzene rings is 2. The van der Waals surface area contributed by atoms with E-state index in [4.69, 9.17) is 0 Å². The van der Waals surface area contributed by atoms with E-state index in [1.54, 1.807) is 28.6 Å². The summed E-state index contributed by atoms with van der Waals surface area (Å²) in [6.07, 6.45) is 0.644. The van der Waals surface area contributed by atoms with Crippen molar-refractivity contribution in [1.82, 2.24) is 4.90 Å². The standard InChI is InChI=1S/C25H33N3O3S/c1-18(2)23-11-16-32(30,31)28(23)22-8-6-21(7-9-22)25(29)27-14-12-26(13-15-27)24-10-5-19(3)17-20(24)4/h5-10,17-18,23H,11-16H2,1-4H3/t23-/m1/s1. The lowest BCUT2D eigenvalue weighted by atomic mass is 10.0. The third-order valence-electron chi connectivity index (χ3n) is 6.67. The molecule has 2 aliphatic heterocycles. The van der Waals surface area contributed by atoms with Crippen LogP contribution < -0.4 is 9.21 Å². The monoisotopic (exact) mass is 455 g/mol. The summed E-state index contributed by atoms with van der Waals surface area (Å²) in [6.45, 7) is 11.3. The van der Waals surface area contributed by atoms with Crippen molar-refractivity contribution in [2.24, 2.45) is 5.92 Å². The summed E-state index contributed by atoms with van der Waals surface area (Å²) in [7, 11) is -3.29. The highest BCUT2D eigenvalue weighted by atomic mass is 32.2. The molecule has 6 nitrogen and oxygen atoms in total. The van der Waals surface area contributed by atoms with Crippen LogP contribution in [0, 0.1) is 19.8 Å². The van der Waals surface area contributed by atoms with Crippen LogP contribution in [-0.4, -0.2) is 57.2 Å². The second-order valence-electron chi connectivity index (χ2n) is 9.33. The maximum absolute atomic E-state index is 13.1. The Hall–Kier alpha value is -2.54.